The third-order valence-electron chi connectivity index (χ3n) is 5.36. The van der Waals surface area contributed by atoms with Crippen LogP contribution in [0.15, 0.2) is 59.5 Å². The Hall–Kier alpha value is -4.14. The normalized spacial score (nSPS) is 11.2. The van der Waals surface area contributed by atoms with E-state index >= 15 is 0 Å². The monoisotopic (exact) mass is 550 g/mol. The molecule has 3 aromatic rings. The number of amides is 3. The fourth-order valence-electron chi connectivity index (χ4n) is 3.43. The SMILES string of the molecule is CCC(Sc1cccc(NC(=O)CCC(=O)O)c1)C(=O)Nc1sc(C(=O)Nc2ccccc2)c(C)c1C#N. The van der Waals surface area contributed by atoms with Gasteiger partial charge in [0.2, 0.25) is 11.8 Å². The average Bonchev–Trinajstić information content (AvgIpc) is 3.21. The van der Waals surface area contributed by atoms with Crippen LogP contribution < -0.4 is 16.0 Å². The lowest BCUT2D eigenvalue weighted by atomic mass is 10.1. The van der Waals surface area contributed by atoms with Crippen LogP contribution in [-0.4, -0.2) is 34.0 Å². The molecule has 1 atom stereocenters. The van der Waals surface area contributed by atoms with E-state index in [1.807, 2.05) is 13.0 Å². The van der Waals surface area contributed by atoms with E-state index in [0.717, 1.165) is 16.2 Å². The Kier molecular flexibility index (Phi) is 10.0. The highest BCUT2D eigenvalue weighted by Crippen LogP contribution is 2.35. The number of carboxylic acids is 1. The standard InChI is InChI=1S/C27H26N4O5S2/c1-3-21(37-19-11-7-10-18(14-19)29-22(32)12-13-23(33)34)25(35)31-27-20(15-28)16(2)24(38-27)26(36)30-17-8-5-4-6-9-17/h4-11,14,21H,3,12-13H2,1-2H3,(H,29,32)(H,30,36)(H,31,35)(H,33,34). The van der Waals surface area contributed by atoms with Crippen LogP contribution in [0.2, 0.25) is 0 Å². The van der Waals surface area contributed by atoms with Crippen molar-refractivity contribution in [1.29, 1.82) is 5.26 Å². The molecule has 3 amide bonds. The first-order valence-electron chi connectivity index (χ1n) is 11.7. The lowest BCUT2D eigenvalue weighted by molar-refractivity contribution is -0.138. The van der Waals surface area contributed by atoms with E-state index in [1.54, 1.807) is 55.5 Å². The molecule has 0 aliphatic heterocycles. The molecular formula is C27H26N4O5S2. The number of rotatable bonds is 11. The van der Waals surface area contributed by atoms with E-state index in [1.165, 1.54) is 11.8 Å². The van der Waals surface area contributed by atoms with Crippen molar-refractivity contribution < 1.29 is 24.3 Å². The first-order valence-corrected chi connectivity index (χ1v) is 13.4. The summed E-state index contributed by atoms with van der Waals surface area (Å²) in [7, 11) is 0. The lowest BCUT2D eigenvalue weighted by Gasteiger charge is -2.15. The summed E-state index contributed by atoms with van der Waals surface area (Å²) in [5, 5.41) is 26.5. The van der Waals surface area contributed by atoms with E-state index in [2.05, 4.69) is 22.0 Å². The van der Waals surface area contributed by atoms with Crippen molar-refractivity contribution in [2.24, 2.45) is 0 Å². The van der Waals surface area contributed by atoms with Gasteiger partial charge in [-0.2, -0.15) is 5.26 Å². The van der Waals surface area contributed by atoms with Crippen molar-refractivity contribution in [3.63, 3.8) is 0 Å². The minimum absolute atomic E-state index is 0.139. The molecular weight excluding hydrogens is 524 g/mol. The third-order valence-corrected chi connectivity index (χ3v) is 7.92. The maximum absolute atomic E-state index is 13.1. The van der Waals surface area contributed by atoms with Crippen LogP contribution in [0.1, 0.15) is 47.0 Å². The van der Waals surface area contributed by atoms with Gasteiger partial charge in [0.25, 0.3) is 5.91 Å². The Morgan fingerprint density at radius 3 is 2.37 bits per heavy atom. The van der Waals surface area contributed by atoms with Crippen molar-refractivity contribution in [2.45, 2.75) is 43.3 Å². The summed E-state index contributed by atoms with van der Waals surface area (Å²) in [6, 6.07) is 18.0. The molecule has 38 heavy (non-hydrogen) atoms. The maximum atomic E-state index is 13.1. The molecule has 2 aromatic carbocycles. The second-order valence-corrected chi connectivity index (χ2v) is 10.5. The number of anilines is 3. The van der Waals surface area contributed by atoms with Crippen LogP contribution >= 0.6 is 23.1 Å². The molecule has 0 bridgehead atoms. The van der Waals surface area contributed by atoms with E-state index < -0.39 is 17.1 Å². The van der Waals surface area contributed by atoms with Crippen molar-refractivity contribution in [1.82, 2.24) is 0 Å². The van der Waals surface area contributed by atoms with Gasteiger partial charge in [0.1, 0.15) is 11.1 Å². The highest BCUT2D eigenvalue weighted by Gasteiger charge is 2.25. The number of carbonyl (C=O) groups is 4. The molecule has 0 radical (unpaired) electrons. The average molecular weight is 551 g/mol. The minimum Gasteiger partial charge on any atom is -0.481 e. The molecule has 0 fully saturated rings. The molecule has 1 heterocycles. The summed E-state index contributed by atoms with van der Waals surface area (Å²) in [4.78, 5) is 49.7. The molecule has 0 saturated heterocycles. The fraction of sp³-hybridized carbons (Fsp3) is 0.222. The van der Waals surface area contributed by atoms with Crippen molar-refractivity contribution in [3.8, 4) is 6.07 Å². The predicted octanol–water partition coefficient (Wildman–Crippen LogP) is 5.49. The van der Waals surface area contributed by atoms with Crippen molar-refractivity contribution >= 4 is 63.2 Å². The van der Waals surface area contributed by atoms with Gasteiger partial charge < -0.3 is 21.1 Å². The number of hydrogen-bond acceptors (Lipinski definition) is 7. The Morgan fingerprint density at radius 2 is 1.71 bits per heavy atom. The Labute approximate surface area is 228 Å². The first kappa shape index (κ1) is 28.4. The number of nitriles is 1. The second kappa shape index (κ2) is 13.4. The number of carboxylic acid groups (broad SMARTS) is 1. The summed E-state index contributed by atoms with van der Waals surface area (Å²) in [5.74, 6) is -2.14. The molecule has 4 N–H and O–H groups in total. The maximum Gasteiger partial charge on any atom is 0.303 e. The summed E-state index contributed by atoms with van der Waals surface area (Å²) >= 11 is 2.34. The number of nitrogens with one attached hydrogen (secondary N) is 3. The molecule has 1 aromatic heterocycles. The van der Waals surface area contributed by atoms with Gasteiger partial charge >= 0.3 is 5.97 Å². The number of benzene rings is 2. The van der Waals surface area contributed by atoms with Crippen LogP contribution in [0, 0.1) is 18.3 Å². The van der Waals surface area contributed by atoms with E-state index in [9.17, 15) is 24.4 Å². The van der Waals surface area contributed by atoms with Crippen LogP contribution in [0.5, 0.6) is 0 Å². The summed E-state index contributed by atoms with van der Waals surface area (Å²) in [6.07, 6.45) is 0.0830. The number of carbonyl (C=O) groups excluding carboxylic acids is 3. The van der Waals surface area contributed by atoms with Crippen LogP contribution in [-0.2, 0) is 14.4 Å². The molecule has 0 aliphatic rings. The highest BCUT2D eigenvalue weighted by molar-refractivity contribution is 8.00. The number of para-hydroxylation sites is 1. The molecule has 11 heteroatoms. The van der Waals surface area contributed by atoms with Gasteiger partial charge in [0.05, 0.1) is 22.1 Å². The molecule has 9 nitrogen and oxygen atoms in total. The van der Waals surface area contributed by atoms with Crippen LogP contribution in [0.3, 0.4) is 0 Å². The molecule has 0 spiro atoms. The van der Waals surface area contributed by atoms with E-state index in [0.29, 0.717) is 33.2 Å². The fourth-order valence-corrected chi connectivity index (χ4v) is 5.50. The second-order valence-electron chi connectivity index (χ2n) is 8.17. The predicted molar refractivity (Wildman–Crippen MR) is 149 cm³/mol. The van der Waals surface area contributed by atoms with Gasteiger partial charge in [0, 0.05) is 22.7 Å². The number of thioether (sulfide) groups is 1. The molecule has 196 valence electrons. The lowest BCUT2D eigenvalue weighted by Crippen LogP contribution is -2.24. The Balaban J connectivity index is 1.70. The van der Waals surface area contributed by atoms with E-state index in [-0.39, 0.29) is 30.2 Å². The van der Waals surface area contributed by atoms with Gasteiger partial charge in [0.15, 0.2) is 0 Å². The zero-order chi connectivity index (χ0) is 27.7. The quantitative estimate of drug-likeness (QED) is 0.231. The highest BCUT2D eigenvalue weighted by atomic mass is 32.2. The number of hydrogen-bond donors (Lipinski definition) is 4. The van der Waals surface area contributed by atoms with Crippen LogP contribution in [0.4, 0.5) is 16.4 Å². The number of thiophene rings is 1. The zero-order valence-electron chi connectivity index (χ0n) is 20.7. The zero-order valence-corrected chi connectivity index (χ0v) is 22.4. The van der Waals surface area contributed by atoms with Gasteiger partial charge in [-0.1, -0.05) is 31.2 Å². The van der Waals surface area contributed by atoms with Crippen molar-refractivity contribution in [3.05, 3.63) is 70.6 Å². The molecule has 3 rings (SSSR count). The van der Waals surface area contributed by atoms with Gasteiger partial charge in [-0.25, -0.2) is 0 Å². The topological polar surface area (TPSA) is 148 Å². The summed E-state index contributed by atoms with van der Waals surface area (Å²) < 4.78 is 0. The largest absolute Gasteiger partial charge is 0.481 e. The smallest absolute Gasteiger partial charge is 0.303 e. The Bertz CT molecular complexity index is 1380. The van der Waals surface area contributed by atoms with Crippen LogP contribution in [0.25, 0.3) is 0 Å². The van der Waals surface area contributed by atoms with Gasteiger partial charge in [-0.3, -0.25) is 19.2 Å². The third kappa shape index (κ3) is 7.68. The molecule has 0 aliphatic carbocycles. The number of aliphatic carboxylic acids is 1. The summed E-state index contributed by atoms with van der Waals surface area (Å²) in [5.41, 5.74) is 1.85. The van der Waals surface area contributed by atoms with Gasteiger partial charge in [-0.05, 0) is 49.2 Å². The summed E-state index contributed by atoms with van der Waals surface area (Å²) in [6.45, 7) is 3.53. The number of nitrogens with zero attached hydrogens (tertiary/aromatic N) is 1. The van der Waals surface area contributed by atoms with Gasteiger partial charge in [-0.15, -0.1) is 23.1 Å². The molecule has 1 unspecified atom stereocenters. The Morgan fingerprint density at radius 1 is 1.00 bits per heavy atom. The minimum atomic E-state index is -1.05. The molecule has 0 saturated carbocycles. The first-order chi connectivity index (χ1) is 18.2. The van der Waals surface area contributed by atoms with Crippen molar-refractivity contribution in [2.75, 3.05) is 16.0 Å². The van der Waals surface area contributed by atoms with E-state index in [4.69, 9.17) is 5.11 Å².